The number of hydrogen-bond acceptors (Lipinski definition) is 4. The predicted octanol–water partition coefficient (Wildman–Crippen LogP) is 5.00. The normalized spacial score (nSPS) is 18.9. The van der Waals surface area contributed by atoms with Crippen molar-refractivity contribution in [3.05, 3.63) is 58.8 Å². The molecule has 148 valence electrons. The lowest BCUT2D eigenvalue weighted by atomic mass is 10.0. The number of benzene rings is 2. The van der Waals surface area contributed by atoms with Crippen molar-refractivity contribution < 1.29 is 9.53 Å². The number of H-pyrrole nitrogens is 1. The maximum atomic E-state index is 13.0. The summed E-state index contributed by atoms with van der Waals surface area (Å²) in [5, 5.41) is 0. The molecule has 0 bridgehead atoms. The highest BCUT2D eigenvalue weighted by atomic mass is 79.9. The summed E-state index contributed by atoms with van der Waals surface area (Å²) < 4.78 is 6.23. The van der Waals surface area contributed by atoms with Crippen molar-refractivity contribution in [2.24, 2.45) is 0 Å². The average Bonchev–Trinajstić information content (AvgIpc) is 3.24. The van der Waals surface area contributed by atoms with Crippen molar-refractivity contribution in [3.8, 4) is 16.9 Å². The van der Waals surface area contributed by atoms with Gasteiger partial charge in [-0.15, -0.1) is 11.8 Å². The number of halogens is 1. The van der Waals surface area contributed by atoms with E-state index in [4.69, 9.17) is 4.74 Å². The Labute approximate surface area is 181 Å². The van der Waals surface area contributed by atoms with E-state index >= 15 is 0 Å². The fraction of sp³-hybridized carbons (Fsp3) is 0.273. The second-order valence-electron chi connectivity index (χ2n) is 7.28. The highest BCUT2D eigenvalue weighted by Gasteiger charge is 2.27. The van der Waals surface area contributed by atoms with E-state index in [0.29, 0.717) is 23.9 Å². The van der Waals surface area contributed by atoms with Crippen molar-refractivity contribution in [2.45, 2.75) is 24.0 Å². The molecule has 5 rings (SSSR count). The van der Waals surface area contributed by atoms with Gasteiger partial charge in [0, 0.05) is 12.1 Å². The number of nitrogens with zero attached hydrogens (tertiary/aromatic N) is 2. The number of aromatic nitrogens is 2. The molecule has 0 radical (unpaired) electrons. The molecule has 0 spiro atoms. The Morgan fingerprint density at radius 2 is 2.10 bits per heavy atom. The Bertz CT molecular complexity index is 1140. The molecule has 2 aliphatic rings. The number of alkyl halides is 1. The standard InChI is InChI=1S/C22H20BrN3O2S/c1-13-24-17-4-2-15(11-18(17)25-13)14-3-5-19-16(10-14)12-26(8-9-28-19)22(27)20-6-7-21(23)29-20/h2-6,10-11,21H,7-9,12H2,1H3,(H,24,25). The monoisotopic (exact) mass is 469 g/mol. The fourth-order valence-electron chi connectivity index (χ4n) is 3.79. The van der Waals surface area contributed by atoms with E-state index in [-0.39, 0.29) is 5.91 Å². The Kier molecular flexibility index (Phi) is 4.87. The Morgan fingerprint density at radius 1 is 1.28 bits per heavy atom. The van der Waals surface area contributed by atoms with Crippen LogP contribution in [0.5, 0.6) is 5.75 Å². The number of thioether (sulfide) groups is 1. The number of nitrogens with one attached hydrogen (secondary N) is 1. The van der Waals surface area contributed by atoms with Crippen LogP contribution < -0.4 is 4.74 Å². The molecular formula is C22H20BrN3O2S. The third-order valence-electron chi connectivity index (χ3n) is 5.22. The van der Waals surface area contributed by atoms with Crippen LogP contribution in [0.1, 0.15) is 17.8 Å². The SMILES string of the molecule is Cc1nc2cc(-c3ccc4c(c3)CN(C(=O)C3=CCC(Br)S3)CCO4)ccc2[nH]1. The van der Waals surface area contributed by atoms with Crippen LogP contribution in [0.15, 0.2) is 47.4 Å². The van der Waals surface area contributed by atoms with Gasteiger partial charge in [0.2, 0.25) is 0 Å². The van der Waals surface area contributed by atoms with Gasteiger partial charge in [0.15, 0.2) is 0 Å². The number of allylic oxidation sites excluding steroid dienone is 1. The molecule has 3 heterocycles. The minimum atomic E-state index is 0.0900. The smallest absolute Gasteiger partial charge is 0.260 e. The molecule has 2 aliphatic heterocycles. The first-order valence-electron chi connectivity index (χ1n) is 9.59. The molecule has 2 aromatic carbocycles. The maximum Gasteiger partial charge on any atom is 0.260 e. The number of aromatic amines is 1. The van der Waals surface area contributed by atoms with E-state index in [1.807, 2.05) is 24.0 Å². The molecule has 1 unspecified atom stereocenters. The largest absolute Gasteiger partial charge is 0.491 e. The van der Waals surface area contributed by atoms with Crippen molar-refractivity contribution in [1.82, 2.24) is 14.9 Å². The van der Waals surface area contributed by atoms with Gasteiger partial charge in [0.05, 0.1) is 26.6 Å². The van der Waals surface area contributed by atoms with E-state index in [0.717, 1.165) is 50.6 Å². The molecule has 3 aromatic rings. The summed E-state index contributed by atoms with van der Waals surface area (Å²) in [5.41, 5.74) is 5.22. The van der Waals surface area contributed by atoms with Gasteiger partial charge in [-0.2, -0.15) is 0 Å². The fourth-order valence-corrected chi connectivity index (χ4v) is 5.47. The third kappa shape index (κ3) is 3.69. The molecular weight excluding hydrogens is 450 g/mol. The van der Waals surface area contributed by atoms with Gasteiger partial charge in [0.1, 0.15) is 18.2 Å². The van der Waals surface area contributed by atoms with Crippen molar-refractivity contribution in [1.29, 1.82) is 0 Å². The number of carbonyl (C=O) groups excluding carboxylic acids is 1. The van der Waals surface area contributed by atoms with E-state index in [1.54, 1.807) is 11.8 Å². The Morgan fingerprint density at radius 3 is 2.93 bits per heavy atom. The Balaban J connectivity index is 1.45. The lowest BCUT2D eigenvalue weighted by Crippen LogP contribution is -2.32. The summed E-state index contributed by atoms with van der Waals surface area (Å²) in [7, 11) is 0. The number of fused-ring (bicyclic) bond motifs is 2. The topological polar surface area (TPSA) is 58.2 Å². The van der Waals surface area contributed by atoms with Crippen molar-refractivity contribution in [2.75, 3.05) is 13.2 Å². The van der Waals surface area contributed by atoms with Crippen LogP contribution in [-0.4, -0.2) is 38.1 Å². The number of imidazole rings is 1. The molecule has 0 saturated heterocycles. The molecule has 7 heteroatoms. The second kappa shape index (κ2) is 7.54. The molecule has 0 aliphatic carbocycles. The minimum Gasteiger partial charge on any atom is -0.491 e. The zero-order chi connectivity index (χ0) is 20.0. The highest BCUT2D eigenvalue weighted by molar-refractivity contribution is 9.11. The average molecular weight is 470 g/mol. The van der Waals surface area contributed by atoms with Gasteiger partial charge in [-0.1, -0.05) is 34.1 Å². The molecule has 1 aromatic heterocycles. The number of rotatable bonds is 2. The van der Waals surface area contributed by atoms with Crippen LogP contribution >= 0.6 is 27.7 Å². The van der Waals surface area contributed by atoms with Gasteiger partial charge >= 0.3 is 0 Å². The number of aryl methyl sites for hydroxylation is 1. The third-order valence-corrected chi connectivity index (χ3v) is 7.19. The zero-order valence-electron chi connectivity index (χ0n) is 15.9. The summed E-state index contributed by atoms with van der Waals surface area (Å²) in [4.78, 5) is 23.5. The number of ether oxygens (including phenoxy) is 1. The molecule has 5 nitrogen and oxygen atoms in total. The van der Waals surface area contributed by atoms with Crippen LogP contribution in [0.2, 0.25) is 0 Å². The molecule has 29 heavy (non-hydrogen) atoms. The quantitative estimate of drug-likeness (QED) is 0.536. The lowest BCUT2D eigenvalue weighted by Gasteiger charge is -2.20. The van der Waals surface area contributed by atoms with Gasteiger partial charge in [0.25, 0.3) is 5.91 Å². The van der Waals surface area contributed by atoms with Gasteiger partial charge in [-0.3, -0.25) is 4.79 Å². The van der Waals surface area contributed by atoms with Crippen LogP contribution in [-0.2, 0) is 11.3 Å². The van der Waals surface area contributed by atoms with Gasteiger partial charge < -0.3 is 14.6 Å². The molecule has 1 amide bonds. The van der Waals surface area contributed by atoms with E-state index < -0.39 is 0 Å². The number of carbonyl (C=O) groups is 1. The Hall–Kier alpha value is -2.25. The zero-order valence-corrected chi connectivity index (χ0v) is 18.3. The van der Waals surface area contributed by atoms with E-state index in [2.05, 4.69) is 56.2 Å². The summed E-state index contributed by atoms with van der Waals surface area (Å²) >= 11 is 5.17. The molecule has 0 saturated carbocycles. The van der Waals surface area contributed by atoms with Crippen LogP contribution in [0.4, 0.5) is 0 Å². The number of hydrogen-bond donors (Lipinski definition) is 1. The molecule has 1 N–H and O–H groups in total. The number of amides is 1. The summed E-state index contributed by atoms with van der Waals surface area (Å²) in [6, 6.07) is 12.5. The minimum absolute atomic E-state index is 0.0900. The van der Waals surface area contributed by atoms with Crippen LogP contribution in [0, 0.1) is 6.92 Å². The first-order valence-corrected chi connectivity index (χ1v) is 11.4. The maximum absolute atomic E-state index is 13.0. The van der Waals surface area contributed by atoms with Crippen molar-refractivity contribution >= 4 is 44.6 Å². The van der Waals surface area contributed by atoms with E-state index in [1.165, 1.54) is 0 Å². The second-order valence-corrected chi connectivity index (χ2v) is 10.2. The highest BCUT2D eigenvalue weighted by Crippen LogP contribution is 2.38. The van der Waals surface area contributed by atoms with Gasteiger partial charge in [-0.05, 0) is 48.7 Å². The summed E-state index contributed by atoms with van der Waals surface area (Å²) in [5.74, 6) is 1.85. The van der Waals surface area contributed by atoms with Crippen LogP contribution in [0.25, 0.3) is 22.2 Å². The molecule has 0 fully saturated rings. The van der Waals surface area contributed by atoms with Crippen molar-refractivity contribution in [3.63, 3.8) is 0 Å². The van der Waals surface area contributed by atoms with Crippen LogP contribution in [0.3, 0.4) is 0 Å². The van der Waals surface area contributed by atoms with Gasteiger partial charge in [-0.25, -0.2) is 4.98 Å². The summed E-state index contributed by atoms with van der Waals surface area (Å²) in [6.07, 6.45) is 2.91. The predicted molar refractivity (Wildman–Crippen MR) is 120 cm³/mol. The first kappa shape index (κ1) is 18.8. The summed E-state index contributed by atoms with van der Waals surface area (Å²) in [6.45, 7) is 3.61. The first-order chi connectivity index (χ1) is 14.1. The molecule has 1 atom stereocenters. The lowest BCUT2D eigenvalue weighted by molar-refractivity contribution is -0.127. The van der Waals surface area contributed by atoms with E-state index in [9.17, 15) is 4.79 Å².